The lowest BCUT2D eigenvalue weighted by Crippen LogP contribution is -2.37. The van der Waals surface area contributed by atoms with Gasteiger partial charge in [0.1, 0.15) is 0 Å². The topological polar surface area (TPSA) is 9.72 Å². The Hall–Kier alpha value is 0.580. The molecule has 0 bridgehead atoms. The van der Waals surface area contributed by atoms with Gasteiger partial charge in [0.05, 0.1) is 0 Å². The lowest BCUT2D eigenvalue weighted by Gasteiger charge is -2.24. The van der Waals surface area contributed by atoms with Gasteiger partial charge in [-0.25, -0.2) is 0 Å². The molecular formula is C11H25N3S2. The predicted molar refractivity (Wildman–Crippen MR) is 78.1 cm³/mol. The SMILES string of the molecule is CN1CCN(CCS)CCN(CCS)CC1. The van der Waals surface area contributed by atoms with Crippen molar-refractivity contribution in [2.45, 2.75) is 0 Å². The maximum Gasteiger partial charge on any atom is 0.0110 e. The Bertz CT molecular complexity index is 163. The van der Waals surface area contributed by atoms with E-state index < -0.39 is 0 Å². The fourth-order valence-corrected chi connectivity index (χ4v) is 2.54. The summed E-state index contributed by atoms with van der Waals surface area (Å²) in [4.78, 5) is 7.45. The molecule has 1 saturated heterocycles. The Labute approximate surface area is 111 Å². The largest absolute Gasteiger partial charge is 0.304 e. The normalized spacial score (nSPS) is 22.7. The fraction of sp³-hybridized carbons (Fsp3) is 1.00. The Morgan fingerprint density at radius 3 is 1.50 bits per heavy atom. The molecular weight excluding hydrogens is 238 g/mol. The van der Waals surface area contributed by atoms with Gasteiger partial charge in [0.2, 0.25) is 0 Å². The van der Waals surface area contributed by atoms with E-state index in [2.05, 4.69) is 47.0 Å². The minimum atomic E-state index is 0.955. The fourth-order valence-electron chi connectivity index (χ4n) is 1.97. The molecule has 0 aliphatic carbocycles. The molecule has 0 atom stereocenters. The van der Waals surface area contributed by atoms with Crippen LogP contribution in [-0.2, 0) is 0 Å². The van der Waals surface area contributed by atoms with Crippen LogP contribution in [0.2, 0.25) is 0 Å². The summed E-state index contributed by atoms with van der Waals surface area (Å²) in [6.07, 6.45) is 0. The van der Waals surface area contributed by atoms with Gasteiger partial charge in [0, 0.05) is 63.9 Å². The van der Waals surface area contributed by atoms with Gasteiger partial charge >= 0.3 is 0 Å². The molecule has 1 aliphatic rings. The summed E-state index contributed by atoms with van der Waals surface area (Å²) in [5.41, 5.74) is 0. The Morgan fingerprint density at radius 2 is 1.12 bits per heavy atom. The molecule has 0 amide bonds. The van der Waals surface area contributed by atoms with Gasteiger partial charge in [-0.15, -0.1) is 0 Å². The van der Waals surface area contributed by atoms with Gasteiger partial charge in [-0.05, 0) is 7.05 Å². The molecule has 0 N–H and O–H groups in total. The zero-order chi connectivity index (χ0) is 11.8. The highest BCUT2D eigenvalue weighted by Crippen LogP contribution is 1.99. The summed E-state index contributed by atoms with van der Waals surface area (Å²) < 4.78 is 0. The summed E-state index contributed by atoms with van der Waals surface area (Å²) in [5, 5.41) is 0. The average Bonchev–Trinajstić information content (AvgIpc) is 2.35. The molecule has 0 spiro atoms. The average molecular weight is 263 g/mol. The highest BCUT2D eigenvalue weighted by Gasteiger charge is 2.13. The van der Waals surface area contributed by atoms with Crippen LogP contribution in [0.5, 0.6) is 0 Å². The summed E-state index contributed by atoms with van der Waals surface area (Å²) in [6, 6.07) is 0. The molecule has 1 fully saturated rings. The zero-order valence-electron chi connectivity index (χ0n) is 10.3. The van der Waals surface area contributed by atoms with E-state index in [1.807, 2.05) is 0 Å². The molecule has 5 heteroatoms. The van der Waals surface area contributed by atoms with Crippen LogP contribution in [0.15, 0.2) is 0 Å². The third-order valence-corrected chi connectivity index (χ3v) is 3.56. The summed E-state index contributed by atoms with van der Waals surface area (Å²) in [7, 11) is 2.21. The van der Waals surface area contributed by atoms with Gasteiger partial charge in [-0.2, -0.15) is 25.3 Å². The molecule has 0 radical (unpaired) electrons. The first-order valence-corrected chi connectivity index (χ1v) is 7.37. The maximum atomic E-state index is 4.32. The van der Waals surface area contributed by atoms with Crippen molar-refractivity contribution in [3.8, 4) is 0 Å². The van der Waals surface area contributed by atoms with Crippen LogP contribution in [-0.4, -0.2) is 85.6 Å². The number of nitrogens with zero attached hydrogens (tertiary/aromatic N) is 3. The molecule has 1 aliphatic heterocycles. The molecule has 3 nitrogen and oxygen atoms in total. The van der Waals surface area contributed by atoms with Gasteiger partial charge < -0.3 is 4.90 Å². The minimum Gasteiger partial charge on any atom is -0.304 e. The third-order valence-electron chi connectivity index (χ3n) is 3.16. The van der Waals surface area contributed by atoms with E-state index in [0.29, 0.717) is 0 Å². The molecule has 0 aromatic rings. The molecule has 0 unspecified atom stereocenters. The van der Waals surface area contributed by atoms with E-state index in [1.165, 1.54) is 39.3 Å². The Kier molecular flexibility index (Phi) is 7.90. The van der Waals surface area contributed by atoms with Crippen LogP contribution in [0.3, 0.4) is 0 Å². The second kappa shape index (κ2) is 8.64. The van der Waals surface area contributed by atoms with Crippen LogP contribution >= 0.6 is 25.3 Å². The van der Waals surface area contributed by atoms with Crippen molar-refractivity contribution in [2.75, 3.05) is 70.9 Å². The van der Waals surface area contributed by atoms with Crippen molar-refractivity contribution in [3.05, 3.63) is 0 Å². The zero-order valence-corrected chi connectivity index (χ0v) is 12.1. The first kappa shape index (κ1) is 14.6. The van der Waals surface area contributed by atoms with Crippen LogP contribution in [0, 0.1) is 0 Å². The minimum absolute atomic E-state index is 0.955. The number of thiol groups is 2. The number of likely N-dealkylation sites (N-methyl/N-ethyl adjacent to an activating group) is 1. The van der Waals surface area contributed by atoms with Gasteiger partial charge in [0.15, 0.2) is 0 Å². The number of hydrogen-bond acceptors (Lipinski definition) is 5. The van der Waals surface area contributed by atoms with Crippen LogP contribution in [0.25, 0.3) is 0 Å². The number of rotatable bonds is 4. The second-order valence-electron chi connectivity index (χ2n) is 4.43. The van der Waals surface area contributed by atoms with Crippen LogP contribution in [0.1, 0.15) is 0 Å². The molecule has 0 aromatic carbocycles. The second-order valence-corrected chi connectivity index (χ2v) is 5.33. The lowest BCUT2D eigenvalue weighted by molar-refractivity contribution is 0.235. The summed E-state index contributed by atoms with van der Waals surface area (Å²) >= 11 is 8.65. The van der Waals surface area contributed by atoms with Crippen LogP contribution in [0.4, 0.5) is 0 Å². The quantitative estimate of drug-likeness (QED) is 0.711. The van der Waals surface area contributed by atoms with Crippen molar-refractivity contribution in [2.24, 2.45) is 0 Å². The lowest BCUT2D eigenvalue weighted by atomic mass is 10.4. The molecule has 0 aromatic heterocycles. The van der Waals surface area contributed by atoms with Crippen molar-refractivity contribution < 1.29 is 0 Å². The standard InChI is InChI=1S/C11H25N3S2/c1-12-2-4-13(8-10-15)6-7-14(5-3-12)9-11-16/h15-16H,2-11H2,1H3. The Balaban J connectivity index is 2.43. The first-order valence-electron chi connectivity index (χ1n) is 6.11. The van der Waals surface area contributed by atoms with Gasteiger partial charge in [-0.3, -0.25) is 9.80 Å². The number of hydrogen-bond donors (Lipinski definition) is 2. The summed E-state index contributed by atoms with van der Waals surface area (Å²) in [6.45, 7) is 9.23. The van der Waals surface area contributed by atoms with E-state index in [0.717, 1.165) is 24.6 Å². The molecule has 1 rings (SSSR count). The van der Waals surface area contributed by atoms with E-state index in [4.69, 9.17) is 0 Å². The van der Waals surface area contributed by atoms with E-state index >= 15 is 0 Å². The molecule has 0 saturated carbocycles. The highest BCUT2D eigenvalue weighted by atomic mass is 32.1. The molecule has 1 heterocycles. The van der Waals surface area contributed by atoms with Crippen molar-refractivity contribution >= 4 is 25.3 Å². The van der Waals surface area contributed by atoms with Gasteiger partial charge in [-0.1, -0.05) is 0 Å². The monoisotopic (exact) mass is 263 g/mol. The summed E-state index contributed by atoms with van der Waals surface area (Å²) in [5.74, 6) is 1.91. The molecule has 96 valence electrons. The van der Waals surface area contributed by atoms with Crippen molar-refractivity contribution in [1.29, 1.82) is 0 Å². The third kappa shape index (κ3) is 5.77. The van der Waals surface area contributed by atoms with Crippen molar-refractivity contribution in [3.63, 3.8) is 0 Å². The maximum absolute atomic E-state index is 4.32. The Morgan fingerprint density at radius 1 is 0.750 bits per heavy atom. The first-order chi connectivity index (χ1) is 7.76. The van der Waals surface area contributed by atoms with E-state index in [-0.39, 0.29) is 0 Å². The smallest absolute Gasteiger partial charge is 0.0110 e. The molecule has 16 heavy (non-hydrogen) atoms. The van der Waals surface area contributed by atoms with Crippen molar-refractivity contribution in [1.82, 2.24) is 14.7 Å². The van der Waals surface area contributed by atoms with Gasteiger partial charge in [0.25, 0.3) is 0 Å². The van der Waals surface area contributed by atoms with E-state index in [9.17, 15) is 0 Å². The van der Waals surface area contributed by atoms with E-state index in [1.54, 1.807) is 0 Å². The van der Waals surface area contributed by atoms with Crippen LogP contribution < -0.4 is 0 Å². The highest BCUT2D eigenvalue weighted by molar-refractivity contribution is 7.80. The predicted octanol–water partition coefficient (Wildman–Crippen LogP) is 0.395.